The zero-order valence-corrected chi connectivity index (χ0v) is 13.6. The molecule has 4 bridgehead atoms. The van der Waals surface area contributed by atoms with Crippen LogP contribution in [0.3, 0.4) is 0 Å². The maximum atomic E-state index is 12.5. The quantitative estimate of drug-likeness (QED) is 0.750. The molecular weight excluding hydrogens is 278 g/mol. The third-order valence-corrected chi connectivity index (χ3v) is 6.56. The van der Waals surface area contributed by atoms with Gasteiger partial charge in [-0.25, -0.2) is 0 Å². The minimum absolute atomic E-state index is 0.0961. The van der Waals surface area contributed by atoms with Gasteiger partial charge in [-0.3, -0.25) is 9.59 Å². The van der Waals surface area contributed by atoms with Crippen molar-refractivity contribution in [3.8, 4) is 0 Å². The van der Waals surface area contributed by atoms with Crippen molar-refractivity contribution in [2.75, 3.05) is 20.2 Å². The minimum atomic E-state index is -0.151. The van der Waals surface area contributed by atoms with Crippen LogP contribution in [0.4, 0.5) is 0 Å². The molecule has 5 aliphatic rings. The Morgan fingerprint density at radius 1 is 1.18 bits per heavy atom. The van der Waals surface area contributed by atoms with Gasteiger partial charge in [0.05, 0.1) is 13.0 Å². The van der Waals surface area contributed by atoms with Gasteiger partial charge >= 0.3 is 5.97 Å². The van der Waals surface area contributed by atoms with Gasteiger partial charge in [-0.15, -0.1) is 0 Å². The number of hydrogen-bond donors (Lipinski definition) is 0. The highest BCUT2D eigenvalue weighted by molar-refractivity contribution is 5.78. The summed E-state index contributed by atoms with van der Waals surface area (Å²) in [7, 11) is 1.96. The Labute approximate surface area is 132 Å². The van der Waals surface area contributed by atoms with E-state index in [1.165, 1.54) is 38.5 Å². The second-order valence-electron chi connectivity index (χ2n) is 8.62. The van der Waals surface area contributed by atoms with Crippen LogP contribution >= 0.6 is 0 Å². The lowest BCUT2D eigenvalue weighted by Crippen LogP contribution is -2.51. The highest BCUT2D eigenvalue weighted by Gasteiger charge is 2.51. The number of ether oxygens (including phenoxy) is 1. The summed E-state index contributed by atoms with van der Waals surface area (Å²) >= 11 is 0. The van der Waals surface area contributed by atoms with E-state index in [9.17, 15) is 9.59 Å². The average molecular weight is 305 g/mol. The zero-order valence-electron chi connectivity index (χ0n) is 13.6. The molecule has 1 atom stereocenters. The molecule has 1 aliphatic heterocycles. The second kappa shape index (κ2) is 5.24. The fourth-order valence-electron chi connectivity index (χ4n) is 6.17. The van der Waals surface area contributed by atoms with Crippen molar-refractivity contribution in [1.82, 2.24) is 4.90 Å². The van der Waals surface area contributed by atoms with Crippen LogP contribution in [0.25, 0.3) is 0 Å². The summed E-state index contributed by atoms with van der Waals surface area (Å²) in [5.74, 6) is 2.92. The lowest BCUT2D eigenvalue weighted by Gasteiger charge is -2.57. The van der Waals surface area contributed by atoms with E-state index in [0.717, 1.165) is 24.3 Å². The predicted molar refractivity (Wildman–Crippen MR) is 81.9 cm³/mol. The fraction of sp³-hybridized carbons (Fsp3) is 0.889. The molecular formula is C18H27NO3. The Kier molecular flexibility index (Phi) is 3.46. The highest BCUT2D eigenvalue weighted by atomic mass is 16.5. The summed E-state index contributed by atoms with van der Waals surface area (Å²) < 4.78 is 4.97. The van der Waals surface area contributed by atoms with Crippen molar-refractivity contribution >= 4 is 11.9 Å². The molecule has 0 aromatic rings. The summed E-state index contributed by atoms with van der Waals surface area (Å²) in [5, 5.41) is 0. The Hall–Kier alpha value is -1.06. The Balaban J connectivity index is 1.36. The van der Waals surface area contributed by atoms with Gasteiger partial charge in [0.25, 0.3) is 0 Å². The zero-order chi connectivity index (χ0) is 15.3. The number of carbonyl (C=O) groups excluding carboxylic acids is 2. The van der Waals surface area contributed by atoms with E-state index >= 15 is 0 Å². The lowest BCUT2D eigenvalue weighted by atomic mass is 9.49. The molecule has 22 heavy (non-hydrogen) atoms. The van der Waals surface area contributed by atoms with Gasteiger partial charge in [-0.05, 0) is 61.7 Å². The van der Waals surface area contributed by atoms with Crippen LogP contribution in [-0.4, -0.2) is 37.0 Å². The maximum absolute atomic E-state index is 12.5. The first kappa shape index (κ1) is 14.5. The summed E-state index contributed by atoms with van der Waals surface area (Å²) in [4.78, 5) is 25.6. The Morgan fingerprint density at radius 3 is 2.27 bits per heavy atom. The summed E-state index contributed by atoms with van der Waals surface area (Å²) in [6, 6.07) is 0. The number of hydrogen-bond acceptors (Lipinski definition) is 3. The van der Waals surface area contributed by atoms with Crippen LogP contribution in [0, 0.1) is 29.1 Å². The fourth-order valence-corrected chi connectivity index (χ4v) is 6.17. The monoisotopic (exact) mass is 305 g/mol. The summed E-state index contributed by atoms with van der Waals surface area (Å²) in [5.41, 5.74) is 0.404. The summed E-state index contributed by atoms with van der Waals surface area (Å²) in [6.45, 7) is 1.35. The third-order valence-electron chi connectivity index (χ3n) is 6.56. The topological polar surface area (TPSA) is 46.6 Å². The van der Waals surface area contributed by atoms with Crippen LogP contribution in [0.15, 0.2) is 0 Å². The number of rotatable bonds is 4. The molecule has 4 saturated carbocycles. The highest BCUT2D eigenvalue weighted by Crippen LogP contribution is 2.60. The molecule has 4 nitrogen and oxygen atoms in total. The van der Waals surface area contributed by atoms with Gasteiger partial charge in [0, 0.05) is 25.9 Å². The van der Waals surface area contributed by atoms with Crippen LogP contribution in [0.5, 0.6) is 0 Å². The standard InChI is InChI=1S/C18H27NO3/c1-19(16(20)5-15-6-17(21)22-10-15)11-18-7-12-2-13(8-18)4-14(3-12)9-18/h12-15H,2-11H2,1H3/t12?,13?,14?,15-,18?/m1/s1. The number of carbonyl (C=O) groups is 2. The van der Waals surface area contributed by atoms with E-state index in [-0.39, 0.29) is 17.8 Å². The predicted octanol–water partition coefficient (Wildman–Crippen LogP) is 2.61. The number of amides is 1. The van der Waals surface area contributed by atoms with Crippen LogP contribution in [-0.2, 0) is 14.3 Å². The van der Waals surface area contributed by atoms with Gasteiger partial charge in [0.1, 0.15) is 0 Å². The van der Waals surface area contributed by atoms with E-state index in [0.29, 0.717) is 24.9 Å². The molecule has 1 amide bonds. The average Bonchev–Trinajstić information content (AvgIpc) is 2.81. The minimum Gasteiger partial charge on any atom is -0.465 e. The van der Waals surface area contributed by atoms with Gasteiger partial charge in [0.2, 0.25) is 5.91 Å². The number of nitrogens with zero attached hydrogens (tertiary/aromatic N) is 1. The normalized spacial score (nSPS) is 42.5. The molecule has 4 aliphatic carbocycles. The molecule has 1 heterocycles. The molecule has 5 rings (SSSR count). The number of cyclic esters (lactones) is 1. The second-order valence-corrected chi connectivity index (χ2v) is 8.62. The molecule has 5 fully saturated rings. The molecule has 0 unspecified atom stereocenters. The third kappa shape index (κ3) is 2.65. The van der Waals surface area contributed by atoms with Gasteiger partial charge in [0.15, 0.2) is 0 Å². The molecule has 0 spiro atoms. The van der Waals surface area contributed by atoms with E-state index in [1.54, 1.807) is 0 Å². The van der Waals surface area contributed by atoms with E-state index in [2.05, 4.69) is 0 Å². The Bertz CT molecular complexity index is 451. The largest absolute Gasteiger partial charge is 0.465 e. The smallest absolute Gasteiger partial charge is 0.306 e. The van der Waals surface area contributed by atoms with E-state index < -0.39 is 0 Å². The first-order chi connectivity index (χ1) is 10.5. The van der Waals surface area contributed by atoms with Crippen molar-refractivity contribution in [2.45, 2.75) is 51.4 Å². The maximum Gasteiger partial charge on any atom is 0.306 e. The molecule has 0 aromatic carbocycles. The number of esters is 1. The summed E-state index contributed by atoms with van der Waals surface area (Å²) in [6.07, 6.45) is 9.21. The molecule has 4 heteroatoms. The molecule has 0 N–H and O–H groups in total. The van der Waals surface area contributed by atoms with Crippen molar-refractivity contribution < 1.29 is 14.3 Å². The van der Waals surface area contributed by atoms with E-state index in [4.69, 9.17) is 4.74 Å². The lowest BCUT2D eigenvalue weighted by molar-refractivity contribution is -0.138. The van der Waals surface area contributed by atoms with Gasteiger partial charge in [-0.1, -0.05) is 0 Å². The molecule has 0 radical (unpaired) electrons. The van der Waals surface area contributed by atoms with Crippen LogP contribution in [0.2, 0.25) is 0 Å². The van der Waals surface area contributed by atoms with Gasteiger partial charge < -0.3 is 9.64 Å². The van der Waals surface area contributed by atoms with Gasteiger partial charge in [-0.2, -0.15) is 0 Å². The molecule has 0 aromatic heterocycles. The molecule has 1 saturated heterocycles. The van der Waals surface area contributed by atoms with E-state index in [1.807, 2.05) is 11.9 Å². The SMILES string of the molecule is CN(CC12CC3CC(CC(C3)C1)C2)C(=O)C[C@H]1COC(=O)C1. The van der Waals surface area contributed by atoms with Crippen molar-refractivity contribution in [1.29, 1.82) is 0 Å². The molecule has 122 valence electrons. The van der Waals surface area contributed by atoms with Crippen molar-refractivity contribution in [3.63, 3.8) is 0 Å². The van der Waals surface area contributed by atoms with Crippen LogP contribution < -0.4 is 0 Å². The Morgan fingerprint density at radius 2 is 1.77 bits per heavy atom. The van der Waals surface area contributed by atoms with Crippen LogP contribution in [0.1, 0.15) is 51.4 Å². The van der Waals surface area contributed by atoms with Crippen molar-refractivity contribution in [2.24, 2.45) is 29.1 Å². The van der Waals surface area contributed by atoms with Crippen molar-refractivity contribution in [3.05, 3.63) is 0 Å². The first-order valence-electron chi connectivity index (χ1n) is 8.91. The first-order valence-corrected chi connectivity index (χ1v) is 8.91.